The van der Waals surface area contributed by atoms with Gasteiger partial charge < -0.3 is 20.5 Å². The topological polar surface area (TPSA) is 70.6 Å². The van der Waals surface area contributed by atoms with Crippen molar-refractivity contribution in [3.05, 3.63) is 54.1 Å². The van der Waals surface area contributed by atoms with Crippen LogP contribution in [-0.2, 0) is 6.54 Å². The first-order valence-electron chi connectivity index (χ1n) is 9.58. The molecule has 3 rings (SSSR count). The summed E-state index contributed by atoms with van der Waals surface area (Å²) in [6.45, 7) is 1.33. The number of ether oxygens (including phenoxy) is 1. The molecule has 1 aliphatic rings. The molecule has 27 heavy (non-hydrogen) atoms. The first-order chi connectivity index (χ1) is 13.2. The molecular weight excluding hydrogens is 340 g/mol. The van der Waals surface area contributed by atoms with Gasteiger partial charge in [0.1, 0.15) is 5.75 Å². The summed E-state index contributed by atoms with van der Waals surface area (Å²) in [4.78, 5) is 10.6. The highest BCUT2D eigenvalue weighted by atomic mass is 16.5. The maximum absolute atomic E-state index is 10.6. The van der Waals surface area contributed by atoms with Crippen molar-refractivity contribution in [2.75, 3.05) is 13.7 Å². The van der Waals surface area contributed by atoms with Gasteiger partial charge in [-0.3, -0.25) is 0 Å². The Kier molecular flexibility index (Phi) is 6.71. The smallest absolute Gasteiger partial charge is 0.404 e. The summed E-state index contributed by atoms with van der Waals surface area (Å²) in [7, 11) is 1.71. The zero-order valence-electron chi connectivity index (χ0n) is 15.8. The van der Waals surface area contributed by atoms with Crippen LogP contribution < -0.4 is 15.4 Å². The van der Waals surface area contributed by atoms with E-state index >= 15 is 0 Å². The van der Waals surface area contributed by atoms with Gasteiger partial charge in [0.25, 0.3) is 0 Å². The van der Waals surface area contributed by atoms with Crippen LogP contribution in [0.5, 0.6) is 5.75 Å². The summed E-state index contributed by atoms with van der Waals surface area (Å²) in [5, 5.41) is 14.9. The van der Waals surface area contributed by atoms with Crippen LogP contribution in [0.3, 0.4) is 0 Å². The Morgan fingerprint density at radius 1 is 1.07 bits per heavy atom. The third-order valence-corrected chi connectivity index (χ3v) is 5.36. The predicted molar refractivity (Wildman–Crippen MR) is 107 cm³/mol. The fourth-order valence-electron chi connectivity index (χ4n) is 3.78. The van der Waals surface area contributed by atoms with Gasteiger partial charge in [0.15, 0.2) is 0 Å². The predicted octanol–water partition coefficient (Wildman–Crippen LogP) is 4.28. The molecule has 0 aromatic heterocycles. The van der Waals surface area contributed by atoms with E-state index in [1.54, 1.807) is 7.11 Å². The third kappa shape index (κ3) is 5.47. The summed E-state index contributed by atoms with van der Waals surface area (Å²) in [5.41, 5.74) is 3.55. The van der Waals surface area contributed by atoms with Crippen LogP contribution >= 0.6 is 0 Å². The number of carbonyl (C=O) groups is 1. The van der Waals surface area contributed by atoms with Crippen LogP contribution in [0.15, 0.2) is 48.5 Å². The molecular formula is C22H28N2O3. The number of benzene rings is 2. The maximum atomic E-state index is 10.6. The van der Waals surface area contributed by atoms with E-state index in [9.17, 15) is 4.79 Å². The first-order valence-corrected chi connectivity index (χ1v) is 9.58. The Labute approximate surface area is 160 Å². The van der Waals surface area contributed by atoms with Gasteiger partial charge in [0.05, 0.1) is 7.11 Å². The molecule has 0 bridgehead atoms. The Hall–Kier alpha value is -2.53. The molecule has 1 fully saturated rings. The molecule has 0 unspecified atom stereocenters. The molecule has 0 heterocycles. The fraction of sp³-hybridized carbons (Fsp3) is 0.409. The van der Waals surface area contributed by atoms with Crippen molar-refractivity contribution < 1.29 is 14.6 Å². The Morgan fingerprint density at radius 3 is 2.48 bits per heavy atom. The summed E-state index contributed by atoms with van der Waals surface area (Å²) >= 11 is 0. The molecule has 1 amide bonds. The third-order valence-electron chi connectivity index (χ3n) is 5.36. The van der Waals surface area contributed by atoms with E-state index in [1.807, 2.05) is 12.1 Å². The Balaban J connectivity index is 1.57. The minimum absolute atomic E-state index is 0.454. The van der Waals surface area contributed by atoms with Crippen molar-refractivity contribution in [2.45, 2.75) is 38.3 Å². The standard InChI is InChI=1S/C22H28N2O3/c1-27-21-12-9-18(17-5-3-2-4-6-17)13-19(21)15-23-20-10-7-16(8-11-20)14-24-22(25)26/h2-6,9,12-13,16,20,23-24H,7-8,10-11,14-15H2,1H3,(H,25,26). The molecule has 0 atom stereocenters. The van der Waals surface area contributed by atoms with Gasteiger partial charge in [-0.05, 0) is 54.9 Å². The van der Waals surface area contributed by atoms with Crippen molar-refractivity contribution in [1.29, 1.82) is 0 Å². The van der Waals surface area contributed by atoms with Crippen LogP contribution in [0, 0.1) is 5.92 Å². The van der Waals surface area contributed by atoms with E-state index in [0.29, 0.717) is 18.5 Å². The largest absolute Gasteiger partial charge is 0.496 e. The lowest BCUT2D eigenvalue weighted by molar-refractivity contribution is 0.189. The van der Waals surface area contributed by atoms with Crippen molar-refractivity contribution in [2.24, 2.45) is 5.92 Å². The second-order valence-electron chi connectivity index (χ2n) is 7.18. The van der Waals surface area contributed by atoms with Gasteiger partial charge in [0, 0.05) is 24.7 Å². The van der Waals surface area contributed by atoms with E-state index in [0.717, 1.165) is 43.5 Å². The molecule has 0 radical (unpaired) electrons. The molecule has 1 saturated carbocycles. The summed E-state index contributed by atoms with van der Waals surface area (Å²) in [5.74, 6) is 1.36. The molecule has 0 aliphatic heterocycles. The van der Waals surface area contributed by atoms with Gasteiger partial charge in [0.2, 0.25) is 0 Å². The van der Waals surface area contributed by atoms with E-state index in [2.05, 4.69) is 47.0 Å². The van der Waals surface area contributed by atoms with Gasteiger partial charge in [-0.1, -0.05) is 36.4 Å². The van der Waals surface area contributed by atoms with Crippen molar-refractivity contribution in [3.8, 4) is 16.9 Å². The van der Waals surface area contributed by atoms with E-state index in [1.165, 1.54) is 11.1 Å². The molecule has 0 saturated heterocycles. The zero-order valence-corrected chi connectivity index (χ0v) is 15.8. The zero-order chi connectivity index (χ0) is 19.1. The van der Waals surface area contributed by atoms with E-state index in [-0.39, 0.29) is 0 Å². The molecule has 5 heteroatoms. The lowest BCUT2D eigenvalue weighted by Crippen LogP contribution is -2.36. The molecule has 144 valence electrons. The van der Waals surface area contributed by atoms with Crippen LogP contribution in [0.25, 0.3) is 11.1 Å². The molecule has 2 aromatic rings. The van der Waals surface area contributed by atoms with Crippen LogP contribution in [0.1, 0.15) is 31.2 Å². The van der Waals surface area contributed by atoms with Crippen LogP contribution in [0.4, 0.5) is 4.79 Å². The van der Waals surface area contributed by atoms with Crippen molar-refractivity contribution in [1.82, 2.24) is 10.6 Å². The molecule has 0 spiro atoms. The number of amides is 1. The van der Waals surface area contributed by atoms with Crippen LogP contribution in [-0.4, -0.2) is 30.9 Å². The molecule has 1 aliphatic carbocycles. The lowest BCUT2D eigenvalue weighted by Gasteiger charge is -2.29. The Morgan fingerprint density at radius 2 is 1.81 bits per heavy atom. The molecule has 3 N–H and O–H groups in total. The summed E-state index contributed by atoms with van der Waals surface area (Å²) < 4.78 is 5.54. The SMILES string of the molecule is COc1ccc(-c2ccccc2)cc1CNC1CCC(CNC(=O)O)CC1. The number of carboxylic acid groups (broad SMARTS) is 1. The van der Waals surface area contributed by atoms with E-state index in [4.69, 9.17) is 9.84 Å². The second kappa shape index (κ2) is 9.42. The lowest BCUT2D eigenvalue weighted by atomic mass is 9.86. The van der Waals surface area contributed by atoms with Crippen molar-refractivity contribution >= 4 is 6.09 Å². The fourth-order valence-corrected chi connectivity index (χ4v) is 3.78. The minimum atomic E-state index is -0.930. The van der Waals surface area contributed by atoms with E-state index < -0.39 is 6.09 Å². The number of hydrogen-bond acceptors (Lipinski definition) is 3. The second-order valence-corrected chi connectivity index (χ2v) is 7.18. The summed E-state index contributed by atoms with van der Waals surface area (Å²) in [6.07, 6.45) is 3.33. The maximum Gasteiger partial charge on any atom is 0.404 e. The summed E-state index contributed by atoms with van der Waals surface area (Å²) in [6, 6.07) is 17.2. The van der Waals surface area contributed by atoms with Crippen LogP contribution in [0.2, 0.25) is 0 Å². The first kappa shape index (κ1) is 19.2. The minimum Gasteiger partial charge on any atom is -0.496 e. The number of methoxy groups -OCH3 is 1. The number of rotatable bonds is 7. The van der Waals surface area contributed by atoms with Gasteiger partial charge in [-0.15, -0.1) is 0 Å². The van der Waals surface area contributed by atoms with Gasteiger partial charge in [-0.25, -0.2) is 4.79 Å². The number of nitrogens with one attached hydrogen (secondary N) is 2. The Bertz CT molecular complexity index is 740. The highest BCUT2D eigenvalue weighted by Crippen LogP contribution is 2.28. The van der Waals surface area contributed by atoms with Crippen molar-refractivity contribution in [3.63, 3.8) is 0 Å². The monoisotopic (exact) mass is 368 g/mol. The van der Waals surface area contributed by atoms with Gasteiger partial charge >= 0.3 is 6.09 Å². The molecule has 5 nitrogen and oxygen atoms in total. The highest BCUT2D eigenvalue weighted by molar-refractivity contribution is 5.65. The average molecular weight is 368 g/mol. The number of hydrogen-bond donors (Lipinski definition) is 3. The normalized spacial score (nSPS) is 19.4. The quantitative estimate of drug-likeness (QED) is 0.682. The average Bonchev–Trinajstić information content (AvgIpc) is 2.72. The molecule has 2 aromatic carbocycles. The highest BCUT2D eigenvalue weighted by Gasteiger charge is 2.21. The van der Waals surface area contributed by atoms with Gasteiger partial charge in [-0.2, -0.15) is 0 Å².